The Morgan fingerprint density at radius 1 is 1.26 bits per heavy atom. The van der Waals surface area contributed by atoms with Crippen LogP contribution in [-0.4, -0.2) is 70.6 Å². The van der Waals surface area contributed by atoms with Crippen molar-refractivity contribution in [2.45, 2.75) is 44.9 Å². The summed E-state index contributed by atoms with van der Waals surface area (Å²) in [7, 11) is -0.743. The van der Waals surface area contributed by atoms with E-state index in [0.717, 1.165) is 24.3 Å². The number of likely N-dealkylation sites (N-methyl/N-ethyl adjacent to an activating group) is 1. The number of carbonyl (C=O) groups excluding carboxylic acids is 1. The predicted molar refractivity (Wildman–Crippen MR) is 132 cm³/mol. The Morgan fingerprint density at radius 2 is 2.03 bits per heavy atom. The normalized spacial score (nSPS) is 18.8. The molecule has 10 heteroatoms. The highest BCUT2D eigenvalue weighted by atomic mass is 32.2. The predicted octanol–water partition coefficient (Wildman–Crippen LogP) is 2.76. The molecule has 9 nitrogen and oxygen atoms in total. The lowest BCUT2D eigenvalue weighted by molar-refractivity contribution is -0.116. The number of fused-ring (bicyclic) bond motifs is 1. The summed E-state index contributed by atoms with van der Waals surface area (Å²) < 4.78 is 38.2. The Labute approximate surface area is 202 Å². The molecule has 1 aromatic carbocycles. The van der Waals surface area contributed by atoms with Crippen molar-refractivity contribution in [2.24, 2.45) is 15.9 Å². The lowest BCUT2D eigenvalue weighted by Crippen LogP contribution is -2.34. The molecule has 1 unspecified atom stereocenters. The van der Waals surface area contributed by atoms with Crippen LogP contribution in [0.3, 0.4) is 0 Å². The van der Waals surface area contributed by atoms with Crippen LogP contribution in [0.2, 0.25) is 0 Å². The Morgan fingerprint density at radius 3 is 2.71 bits per heavy atom. The summed E-state index contributed by atoms with van der Waals surface area (Å²) >= 11 is 0. The number of nitrogens with one attached hydrogen (secondary N) is 1. The second-order valence-corrected chi connectivity index (χ2v) is 10.4. The highest BCUT2D eigenvalue weighted by Crippen LogP contribution is 2.31. The van der Waals surface area contributed by atoms with Crippen molar-refractivity contribution < 1.29 is 22.7 Å². The zero-order valence-electron chi connectivity index (χ0n) is 20.6. The number of amides is 1. The smallest absolute Gasteiger partial charge is 0.254 e. The van der Waals surface area contributed by atoms with Crippen molar-refractivity contribution in [2.75, 3.05) is 40.5 Å². The minimum Gasteiger partial charge on any atom is -0.493 e. The number of ether oxygens (including phenoxy) is 2. The van der Waals surface area contributed by atoms with Crippen LogP contribution in [0.25, 0.3) is 0 Å². The van der Waals surface area contributed by atoms with Gasteiger partial charge in [0.2, 0.25) is 10.0 Å². The molecule has 0 bridgehead atoms. The highest BCUT2D eigenvalue weighted by molar-refractivity contribution is 7.89. The third-order valence-electron chi connectivity index (χ3n) is 5.92. The maximum absolute atomic E-state index is 13.2. The minimum absolute atomic E-state index is 0.0563. The molecule has 0 radical (unpaired) electrons. The van der Waals surface area contributed by atoms with Gasteiger partial charge in [-0.25, -0.2) is 8.42 Å². The number of aliphatic imine (C=N–C) groups is 2. The summed E-state index contributed by atoms with van der Waals surface area (Å²) in [6, 6.07) is 4.62. The van der Waals surface area contributed by atoms with E-state index >= 15 is 0 Å². The maximum Gasteiger partial charge on any atom is 0.254 e. The van der Waals surface area contributed by atoms with Crippen LogP contribution in [0, 0.1) is 5.92 Å². The fourth-order valence-corrected chi connectivity index (χ4v) is 5.38. The average Bonchev–Trinajstić information content (AvgIpc) is 2.96. The molecule has 1 aromatic rings. The van der Waals surface area contributed by atoms with E-state index in [1.54, 1.807) is 6.07 Å². The van der Waals surface area contributed by atoms with E-state index in [4.69, 9.17) is 14.5 Å². The van der Waals surface area contributed by atoms with Gasteiger partial charge in [0.15, 0.2) is 0 Å². The van der Waals surface area contributed by atoms with Crippen LogP contribution in [0.5, 0.6) is 5.75 Å². The topological polar surface area (TPSA) is 110 Å². The summed E-state index contributed by atoms with van der Waals surface area (Å²) in [6.45, 7) is 7.09. The molecule has 3 rings (SSSR count). The Balaban J connectivity index is 2.00. The third-order valence-corrected chi connectivity index (χ3v) is 7.77. The number of methoxy groups -OCH3 is 1. The number of allylic oxidation sites excluding steroid dienone is 1. The van der Waals surface area contributed by atoms with Gasteiger partial charge < -0.3 is 14.8 Å². The number of sulfonamides is 1. The van der Waals surface area contributed by atoms with Gasteiger partial charge in [0.1, 0.15) is 11.6 Å². The first-order valence-corrected chi connectivity index (χ1v) is 13.0. The van der Waals surface area contributed by atoms with Crippen LogP contribution in [0.1, 0.15) is 45.6 Å². The van der Waals surface area contributed by atoms with E-state index in [0.29, 0.717) is 42.3 Å². The first-order chi connectivity index (χ1) is 16.2. The van der Waals surface area contributed by atoms with Gasteiger partial charge in [-0.1, -0.05) is 13.3 Å². The van der Waals surface area contributed by atoms with Gasteiger partial charge in [-0.05, 0) is 44.9 Å². The van der Waals surface area contributed by atoms with Gasteiger partial charge >= 0.3 is 0 Å². The number of hydrogen-bond donors (Lipinski definition) is 1. The van der Waals surface area contributed by atoms with Gasteiger partial charge in [0.05, 0.1) is 23.7 Å². The largest absolute Gasteiger partial charge is 0.493 e. The van der Waals surface area contributed by atoms with E-state index in [-0.39, 0.29) is 29.9 Å². The fraction of sp³-hybridized carbons (Fsp3) is 0.542. The van der Waals surface area contributed by atoms with Crippen LogP contribution in [-0.2, 0) is 19.6 Å². The van der Waals surface area contributed by atoms with E-state index in [1.807, 2.05) is 13.8 Å². The molecule has 0 fully saturated rings. The van der Waals surface area contributed by atoms with Gasteiger partial charge in [0, 0.05) is 50.1 Å². The molecule has 0 saturated carbocycles. The molecule has 0 spiro atoms. The van der Waals surface area contributed by atoms with E-state index in [2.05, 4.69) is 17.2 Å². The molecule has 0 aliphatic carbocycles. The molecule has 2 aliphatic heterocycles. The molecule has 1 N–H and O–H groups in total. The number of amidine groups is 1. The van der Waals surface area contributed by atoms with Crippen LogP contribution in [0.15, 0.2) is 44.3 Å². The Bertz CT molecular complexity index is 1120. The molecule has 2 aliphatic rings. The standard InChI is InChI=1S/C24H34N4O5S/c1-6-8-18-13-17-15-25-23(27-24(29)22(17)16(3)26-18)20-14-19(9-10-21(20)33-7-2)34(30,31)28(4)11-12-32-5/h9-10,14,17H,6-8,11-13,15H2,1-5H3,(H,25,27,29). The minimum atomic E-state index is -3.77. The fourth-order valence-electron chi connectivity index (χ4n) is 4.20. The van der Waals surface area contributed by atoms with Crippen molar-refractivity contribution in [1.29, 1.82) is 0 Å². The summed E-state index contributed by atoms with van der Waals surface area (Å²) in [5.41, 5.74) is 2.87. The Kier molecular flexibility index (Phi) is 8.62. The second-order valence-electron chi connectivity index (χ2n) is 8.38. The molecule has 2 heterocycles. The molecule has 186 valence electrons. The van der Waals surface area contributed by atoms with Crippen molar-refractivity contribution in [3.05, 3.63) is 35.0 Å². The lowest BCUT2D eigenvalue weighted by Gasteiger charge is -2.23. The number of hydrogen-bond acceptors (Lipinski definition) is 7. The average molecular weight is 491 g/mol. The van der Waals surface area contributed by atoms with Gasteiger partial charge in [0.25, 0.3) is 5.91 Å². The first kappa shape index (κ1) is 26.1. The molecule has 0 saturated heterocycles. The summed E-state index contributed by atoms with van der Waals surface area (Å²) in [6.07, 6.45) is 2.58. The molecular weight excluding hydrogens is 456 g/mol. The number of benzene rings is 1. The zero-order valence-corrected chi connectivity index (χ0v) is 21.4. The number of nitrogens with zero attached hydrogens (tertiary/aromatic N) is 3. The molecular formula is C24H34N4O5S. The third kappa shape index (κ3) is 5.56. The SMILES string of the molecule is CCCC1=NC(C)=C2C(=O)NC(c3cc(S(=O)(=O)N(C)CCOC)ccc3OCC)=NCC2C1. The molecule has 1 atom stereocenters. The summed E-state index contributed by atoms with van der Waals surface area (Å²) in [4.78, 5) is 22.6. The van der Waals surface area contributed by atoms with Crippen molar-refractivity contribution in [1.82, 2.24) is 9.62 Å². The van der Waals surface area contributed by atoms with Gasteiger partial charge in [-0.3, -0.25) is 14.8 Å². The highest BCUT2D eigenvalue weighted by Gasteiger charge is 2.32. The number of rotatable bonds is 10. The van der Waals surface area contributed by atoms with Gasteiger partial charge in [-0.2, -0.15) is 4.31 Å². The van der Waals surface area contributed by atoms with Crippen molar-refractivity contribution >= 4 is 27.5 Å². The lowest BCUT2D eigenvalue weighted by atomic mass is 9.88. The second kappa shape index (κ2) is 11.2. The van der Waals surface area contributed by atoms with Gasteiger partial charge in [-0.15, -0.1) is 0 Å². The molecule has 34 heavy (non-hydrogen) atoms. The number of carbonyl (C=O) groups is 1. The Hall–Kier alpha value is -2.56. The summed E-state index contributed by atoms with van der Waals surface area (Å²) in [5.74, 6) is 0.445. The van der Waals surface area contributed by atoms with E-state index in [1.165, 1.54) is 30.6 Å². The molecule has 0 aromatic heterocycles. The van der Waals surface area contributed by atoms with Crippen molar-refractivity contribution in [3.63, 3.8) is 0 Å². The molecule has 1 amide bonds. The quantitative estimate of drug-likeness (QED) is 0.542. The van der Waals surface area contributed by atoms with Crippen molar-refractivity contribution in [3.8, 4) is 5.75 Å². The van der Waals surface area contributed by atoms with E-state index < -0.39 is 10.0 Å². The summed E-state index contributed by atoms with van der Waals surface area (Å²) in [5, 5.41) is 2.89. The van der Waals surface area contributed by atoms with Crippen LogP contribution in [0.4, 0.5) is 0 Å². The van der Waals surface area contributed by atoms with Crippen LogP contribution < -0.4 is 10.1 Å². The maximum atomic E-state index is 13.2. The monoisotopic (exact) mass is 490 g/mol. The van der Waals surface area contributed by atoms with E-state index in [9.17, 15) is 13.2 Å². The zero-order chi connectivity index (χ0) is 24.9. The van der Waals surface area contributed by atoms with Crippen LogP contribution >= 0.6 is 0 Å². The first-order valence-electron chi connectivity index (χ1n) is 11.6.